The number of methoxy groups -OCH3 is 1. The van der Waals surface area contributed by atoms with Gasteiger partial charge >= 0.3 is 0 Å². The molecule has 0 aliphatic carbocycles. The van der Waals surface area contributed by atoms with E-state index in [-0.39, 0.29) is 0 Å². The fourth-order valence-electron chi connectivity index (χ4n) is 4.80. The molecule has 0 radical (unpaired) electrons. The summed E-state index contributed by atoms with van der Waals surface area (Å²) >= 11 is 0. The van der Waals surface area contributed by atoms with E-state index in [1.54, 1.807) is 19.4 Å². The molecule has 1 aliphatic rings. The van der Waals surface area contributed by atoms with Crippen LogP contribution < -0.4 is 15.4 Å². The van der Waals surface area contributed by atoms with Gasteiger partial charge in [0.2, 0.25) is 5.95 Å². The van der Waals surface area contributed by atoms with E-state index in [0.29, 0.717) is 10.8 Å². The summed E-state index contributed by atoms with van der Waals surface area (Å²) in [6.45, 7) is 5.69. The molecular formula is C28H31N5O3S. The van der Waals surface area contributed by atoms with E-state index < -0.39 is 9.84 Å². The first-order valence-corrected chi connectivity index (χ1v) is 14.0. The first-order chi connectivity index (χ1) is 17.6. The van der Waals surface area contributed by atoms with Crippen molar-refractivity contribution in [2.24, 2.45) is 0 Å². The van der Waals surface area contributed by atoms with Crippen LogP contribution in [0.5, 0.6) is 5.75 Å². The van der Waals surface area contributed by atoms with Crippen molar-refractivity contribution in [3.05, 3.63) is 70.9 Å². The molecule has 9 heteroatoms. The zero-order chi connectivity index (χ0) is 26.3. The molecule has 1 aromatic heterocycles. The number of aromatic nitrogens is 2. The Morgan fingerprint density at radius 1 is 0.973 bits per heavy atom. The summed E-state index contributed by atoms with van der Waals surface area (Å²) in [6.07, 6.45) is 4.01. The van der Waals surface area contributed by atoms with Gasteiger partial charge in [0, 0.05) is 42.3 Å². The highest BCUT2D eigenvalue weighted by molar-refractivity contribution is 7.90. The SMILES string of the molecule is COc1cc2c(cc1Nc1ncc3ccc(Nc4cc(S(C)(=O)=O)c(C)cc4C)cc3n1)CN(C)CC2. The third kappa shape index (κ3) is 5.23. The van der Waals surface area contributed by atoms with Crippen LogP contribution in [0, 0.1) is 13.8 Å². The molecule has 2 N–H and O–H groups in total. The van der Waals surface area contributed by atoms with E-state index in [9.17, 15) is 8.42 Å². The normalized spacial score (nSPS) is 13.9. The summed E-state index contributed by atoms with van der Waals surface area (Å²) in [5.41, 5.74) is 7.39. The third-order valence-corrected chi connectivity index (χ3v) is 7.99. The van der Waals surface area contributed by atoms with Gasteiger partial charge in [-0.2, -0.15) is 0 Å². The molecule has 0 saturated heterocycles. The van der Waals surface area contributed by atoms with Crippen LogP contribution >= 0.6 is 0 Å². The van der Waals surface area contributed by atoms with Crippen molar-refractivity contribution in [3.63, 3.8) is 0 Å². The number of benzene rings is 3. The van der Waals surface area contributed by atoms with Gasteiger partial charge in [-0.05, 0) is 86.0 Å². The Balaban J connectivity index is 1.45. The van der Waals surface area contributed by atoms with Crippen LogP contribution in [0.1, 0.15) is 22.3 Å². The second-order valence-electron chi connectivity index (χ2n) is 9.73. The topological polar surface area (TPSA) is 96.4 Å². The number of anilines is 4. The highest BCUT2D eigenvalue weighted by atomic mass is 32.2. The number of fused-ring (bicyclic) bond motifs is 2. The summed E-state index contributed by atoms with van der Waals surface area (Å²) in [4.78, 5) is 11.9. The highest BCUT2D eigenvalue weighted by Gasteiger charge is 2.18. The fourth-order valence-corrected chi connectivity index (χ4v) is 5.77. The Labute approximate surface area is 217 Å². The average molecular weight is 518 g/mol. The van der Waals surface area contributed by atoms with Crippen LogP contribution in [0.2, 0.25) is 0 Å². The first kappa shape index (κ1) is 25.0. The van der Waals surface area contributed by atoms with Gasteiger partial charge in [-0.1, -0.05) is 6.07 Å². The molecule has 5 rings (SSSR count). The molecule has 0 atom stereocenters. The van der Waals surface area contributed by atoms with Gasteiger partial charge in [-0.15, -0.1) is 0 Å². The van der Waals surface area contributed by atoms with E-state index >= 15 is 0 Å². The first-order valence-electron chi connectivity index (χ1n) is 12.1. The lowest BCUT2D eigenvalue weighted by Gasteiger charge is -2.26. The monoisotopic (exact) mass is 517 g/mol. The van der Waals surface area contributed by atoms with E-state index in [1.165, 1.54) is 17.4 Å². The number of sulfone groups is 1. The molecule has 0 bridgehead atoms. The number of aryl methyl sites for hydroxylation is 2. The Morgan fingerprint density at radius 3 is 2.54 bits per heavy atom. The minimum Gasteiger partial charge on any atom is -0.495 e. The molecule has 192 valence electrons. The molecule has 0 amide bonds. The molecule has 0 spiro atoms. The van der Waals surface area contributed by atoms with Crippen LogP contribution in [0.4, 0.5) is 23.0 Å². The maximum Gasteiger partial charge on any atom is 0.227 e. The molecule has 1 aliphatic heterocycles. The van der Waals surface area contributed by atoms with Crippen molar-refractivity contribution in [2.45, 2.75) is 31.7 Å². The van der Waals surface area contributed by atoms with Crippen molar-refractivity contribution in [2.75, 3.05) is 37.6 Å². The van der Waals surface area contributed by atoms with Crippen molar-refractivity contribution < 1.29 is 13.2 Å². The lowest BCUT2D eigenvalue weighted by Crippen LogP contribution is -2.26. The zero-order valence-electron chi connectivity index (χ0n) is 21.7. The molecule has 2 heterocycles. The van der Waals surface area contributed by atoms with E-state index in [0.717, 1.165) is 64.4 Å². The summed E-state index contributed by atoms with van der Waals surface area (Å²) in [7, 11) is 0.462. The van der Waals surface area contributed by atoms with Gasteiger partial charge in [0.25, 0.3) is 0 Å². The van der Waals surface area contributed by atoms with Gasteiger partial charge < -0.3 is 20.3 Å². The molecule has 0 fully saturated rings. The zero-order valence-corrected chi connectivity index (χ0v) is 22.5. The number of likely N-dealkylation sites (N-methyl/N-ethyl adjacent to an activating group) is 1. The minimum absolute atomic E-state index is 0.320. The predicted octanol–water partition coefficient (Wildman–Crippen LogP) is 5.13. The maximum atomic E-state index is 12.2. The van der Waals surface area contributed by atoms with E-state index in [1.807, 2.05) is 38.1 Å². The number of hydrogen-bond acceptors (Lipinski definition) is 8. The number of hydrogen-bond donors (Lipinski definition) is 2. The largest absolute Gasteiger partial charge is 0.495 e. The van der Waals surface area contributed by atoms with Gasteiger partial charge in [0.15, 0.2) is 9.84 Å². The van der Waals surface area contributed by atoms with Crippen LogP contribution in [-0.4, -0.2) is 50.2 Å². The minimum atomic E-state index is -3.33. The smallest absolute Gasteiger partial charge is 0.227 e. The van der Waals surface area contributed by atoms with Crippen LogP contribution in [0.15, 0.2) is 53.6 Å². The van der Waals surface area contributed by atoms with Crippen molar-refractivity contribution in [1.29, 1.82) is 0 Å². The molecule has 0 saturated carbocycles. The molecule has 0 unspecified atom stereocenters. The molecule has 8 nitrogen and oxygen atoms in total. The Hall–Kier alpha value is -3.69. The summed E-state index contributed by atoms with van der Waals surface area (Å²) in [5, 5.41) is 7.59. The second kappa shape index (κ2) is 9.64. The third-order valence-electron chi connectivity index (χ3n) is 6.75. The number of nitrogens with zero attached hydrogens (tertiary/aromatic N) is 3. The highest BCUT2D eigenvalue weighted by Crippen LogP contribution is 2.33. The summed E-state index contributed by atoms with van der Waals surface area (Å²) in [5.74, 6) is 1.23. The van der Waals surface area contributed by atoms with E-state index in [4.69, 9.17) is 9.72 Å². The predicted molar refractivity (Wildman–Crippen MR) is 148 cm³/mol. The molecule has 4 aromatic rings. The van der Waals surface area contributed by atoms with Crippen molar-refractivity contribution >= 4 is 43.8 Å². The van der Waals surface area contributed by atoms with E-state index in [2.05, 4.69) is 39.7 Å². The second-order valence-corrected chi connectivity index (χ2v) is 11.7. The average Bonchev–Trinajstić information content (AvgIpc) is 2.84. The van der Waals surface area contributed by atoms with Crippen molar-refractivity contribution in [1.82, 2.24) is 14.9 Å². The number of rotatable bonds is 6. The Bertz CT molecular complexity index is 1620. The van der Waals surface area contributed by atoms with Crippen LogP contribution in [0.25, 0.3) is 10.9 Å². The van der Waals surface area contributed by atoms with Crippen LogP contribution in [0.3, 0.4) is 0 Å². The molecule has 37 heavy (non-hydrogen) atoms. The lowest BCUT2D eigenvalue weighted by atomic mass is 9.99. The van der Waals surface area contributed by atoms with Gasteiger partial charge in [0.05, 0.1) is 23.2 Å². The number of nitrogens with one attached hydrogen (secondary N) is 2. The summed E-state index contributed by atoms with van der Waals surface area (Å²) < 4.78 is 30.1. The van der Waals surface area contributed by atoms with Crippen LogP contribution in [-0.2, 0) is 22.8 Å². The molecule has 3 aromatic carbocycles. The Kier molecular flexibility index (Phi) is 6.51. The number of ether oxygens (including phenoxy) is 1. The maximum absolute atomic E-state index is 12.2. The fraction of sp³-hybridized carbons (Fsp3) is 0.286. The van der Waals surface area contributed by atoms with Gasteiger partial charge in [0.1, 0.15) is 5.75 Å². The Morgan fingerprint density at radius 2 is 1.78 bits per heavy atom. The molecular weight excluding hydrogens is 486 g/mol. The standard InChI is InChI=1S/C28H31N5O3S/c1-17-10-18(2)27(37(5,34)35)14-23(17)30-22-7-6-20-15-29-28(31-24(20)13-22)32-25-11-21-16-33(3)9-8-19(21)12-26(25)36-4/h6-7,10-15,30H,8-9,16H2,1-5H3,(H,29,31,32). The quantitative estimate of drug-likeness (QED) is 0.363. The summed E-state index contributed by atoms with van der Waals surface area (Å²) in [6, 6.07) is 13.6. The van der Waals surface area contributed by atoms with Gasteiger partial charge in [-0.25, -0.2) is 18.4 Å². The lowest BCUT2D eigenvalue weighted by molar-refractivity contribution is 0.312. The van der Waals surface area contributed by atoms with Crippen molar-refractivity contribution in [3.8, 4) is 5.75 Å². The van der Waals surface area contributed by atoms with Gasteiger partial charge in [-0.3, -0.25) is 0 Å².